The number of rotatable bonds is 6. The first kappa shape index (κ1) is 19.1. The molecule has 1 aliphatic heterocycles. The SMILES string of the molecule is COc1ccc(Cl)cc1S(=O)(=O)N[C@H](c1cccnc1)C1CCOCC1. The molecule has 0 radical (unpaired) electrons. The number of pyridine rings is 1. The zero-order valence-corrected chi connectivity index (χ0v) is 16.0. The Morgan fingerprint density at radius 2 is 2.08 bits per heavy atom. The van der Waals surface area contributed by atoms with Gasteiger partial charge in [-0.2, -0.15) is 0 Å². The fourth-order valence-corrected chi connectivity index (χ4v) is 4.86. The van der Waals surface area contributed by atoms with Crippen molar-refractivity contribution in [3.05, 3.63) is 53.3 Å². The summed E-state index contributed by atoms with van der Waals surface area (Å²) in [5.74, 6) is 0.367. The third-order valence-corrected chi connectivity index (χ3v) is 6.18. The van der Waals surface area contributed by atoms with Crippen LogP contribution in [0.5, 0.6) is 5.75 Å². The van der Waals surface area contributed by atoms with Crippen LogP contribution in [0.1, 0.15) is 24.4 Å². The van der Waals surface area contributed by atoms with Crippen LogP contribution in [0.4, 0.5) is 0 Å². The molecule has 0 saturated carbocycles. The van der Waals surface area contributed by atoms with Crippen molar-refractivity contribution in [2.45, 2.75) is 23.8 Å². The van der Waals surface area contributed by atoms with Gasteiger partial charge in [-0.3, -0.25) is 4.98 Å². The van der Waals surface area contributed by atoms with E-state index in [1.54, 1.807) is 30.6 Å². The molecule has 8 heteroatoms. The smallest absolute Gasteiger partial charge is 0.244 e. The number of benzene rings is 1. The largest absolute Gasteiger partial charge is 0.495 e. The van der Waals surface area contributed by atoms with Gasteiger partial charge in [0.15, 0.2) is 0 Å². The Morgan fingerprint density at radius 1 is 1.31 bits per heavy atom. The lowest BCUT2D eigenvalue weighted by Crippen LogP contribution is -2.36. The van der Waals surface area contributed by atoms with Gasteiger partial charge in [0, 0.05) is 30.6 Å². The molecule has 1 atom stereocenters. The second-order valence-corrected chi connectivity index (χ2v) is 8.25. The third-order valence-electron chi connectivity index (χ3n) is 4.48. The van der Waals surface area contributed by atoms with E-state index in [0.29, 0.717) is 18.2 Å². The van der Waals surface area contributed by atoms with Gasteiger partial charge in [-0.25, -0.2) is 13.1 Å². The first-order chi connectivity index (χ1) is 12.5. The van der Waals surface area contributed by atoms with E-state index in [1.165, 1.54) is 13.2 Å². The molecule has 1 aromatic carbocycles. The van der Waals surface area contributed by atoms with Gasteiger partial charge >= 0.3 is 0 Å². The van der Waals surface area contributed by atoms with Crippen LogP contribution in [-0.4, -0.2) is 33.7 Å². The minimum Gasteiger partial charge on any atom is -0.495 e. The van der Waals surface area contributed by atoms with Crippen molar-refractivity contribution < 1.29 is 17.9 Å². The van der Waals surface area contributed by atoms with Crippen LogP contribution in [0.3, 0.4) is 0 Å². The highest BCUT2D eigenvalue weighted by atomic mass is 35.5. The van der Waals surface area contributed by atoms with E-state index < -0.39 is 16.1 Å². The van der Waals surface area contributed by atoms with Gasteiger partial charge < -0.3 is 9.47 Å². The number of halogens is 1. The summed E-state index contributed by atoms with van der Waals surface area (Å²) in [5, 5.41) is 0.329. The summed E-state index contributed by atoms with van der Waals surface area (Å²) in [5.41, 5.74) is 0.823. The maximum atomic E-state index is 13.1. The number of hydrogen-bond donors (Lipinski definition) is 1. The molecular weight excluding hydrogens is 376 g/mol. The lowest BCUT2D eigenvalue weighted by Gasteiger charge is -2.31. The standard InChI is InChI=1S/C18H21ClN2O4S/c1-24-16-5-4-15(19)11-17(16)26(22,23)21-18(13-6-9-25-10-7-13)14-3-2-8-20-12-14/h2-5,8,11-13,18,21H,6-7,9-10H2,1H3/t18-/m0/s1. The fraction of sp³-hybridized carbons (Fsp3) is 0.389. The third kappa shape index (κ3) is 4.35. The van der Waals surface area contributed by atoms with Crippen molar-refractivity contribution in [1.29, 1.82) is 0 Å². The highest BCUT2D eigenvalue weighted by Gasteiger charge is 2.31. The van der Waals surface area contributed by atoms with Gasteiger partial charge in [0.2, 0.25) is 10.0 Å². The topological polar surface area (TPSA) is 77.5 Å². The summed E-state index contributed by atoms with van der Waals surface area (Å²) in [6.45, 7) is 1.23. The minimum atomic E-state index is -3.85. The Hall–Kier alpha value is -1.67. The lowest BCUT2D eigenvalue weighted by molar-refractivity contribution is 0.0564. The molecule has 1 aliphatic rings. The quantitative estimate of drug-likeness (QED) is 0.811. The number of sulfonamides is 1. The summed E-state index contributed by atoms with van der Waals surface area (Å²) in [6.07, 6.45) is 4.90. The maximum absolute atomic E-state index is 13.1. The predicted molar refractivity (Wildman–Crippen MR) is 98.8 cm³/mol. The molecule has 0 aliphatic carbocycles. The van der Waals surface area contributed by atoms with E-state index in [2.05, 4.69) is 9.71 Å². The van der Waals surface area contributed by atoms with E-state index in [4.69, 9.17) is 21.1 Å². The van der Waals surface area contributed by atoms with Gasteiger partial charge in [-0.05, 0) is 48.6 Å². The lowest BCUT2D eigenvalue weighted by atomic mass is 9.88. The van der Waals surface area contributed by atoms with Crippen LogP contribution < -0.4 is 9.46 Å². The monoisotopic (exact) mass is 396 g/mol. The van der Waals surface area contributed by atoms with Crippen molar-refractivity contribution >= 4 is 21.6 Å². The number of nitrogens with zero attached hydrogens (tertiary/aromatic N) is 1. The summed E-state index contributed by atoms with van der Waals surface area (Å²) < 4.78 is 39.6. The fourth-order valence-electron chi connectivity index (χ4n) is 3.14. The molecule has 2 heterocycles. The van der Waals surface area contributed by atoms with E-state index in [-0.39, 0.29) is 16.6 Å². The van der Waals surface area contributed by atoms with E-state index in [1.807, 2.05) is 6.07 Å². The van der Waals surface area contributed by atoms with E-state index >= 15 is 0 Å². The number of aromatic nitrogens is 1. The van der Waals surface area contributed by atoms with Crippen LogP contribution in [-0.2, 0) is 14.8 Å². The second kappa shape index (κ2) is 8.35. The van der Waals surface area contributed by atoms with Crippen LogP contribution in [0.2, 0.25) is 5.02 Å². The molecule has 2 aromatic rings. The molecule has 6 nitrogen and oxygen atoms in total. The first-order valence-electron chi connectivity index (χ1n) is 8.35. The molecule has 0 amide bonds. The van der Waals surface area contributed by atoms with Gasteiger partial charge in [-0.1, -0.05) is 17.7 Å². The normalized spacial score (nSPS) is 17.0. The summed E-state index contributed by atoms with van der Waals surface area (Å²) in [7, 11) is -2.42. The Kier molecular flexibility index (Phi) is 6.13. The van der Waals surface area contributed by atoms with Crippen LogP contribution >= 0.6 is 11.6 Å². The van der Waals surface area contributed by atoms with Crippen molar-refractivity contribution in [2.24, 2.45) is 5.92 Å². The molecule has 1 saturated heterocycles. The number of methoxy groups -OCH3 is 1. The number of hydrogen-bond acceptors (Lipinski definition) is 5. The molecule has 1 N–H and O–H groups in total. The molecule has 1 fully saturated rings. The molecule has 0 bridgehead atoms. The molecular formula is C18H21ClN2O4S. The maximum Gasteiger partial charge on any atom is 0.244 e. The Labute approximate surface area is 158 Å². The summed E-state index contributed by atoms with van der Waals surface area (Å²) >= 11 is 6.01. The molecule has 0 spiro atoms. The molecule has 0 unspecified atom stereocenters. The van der Waals surface area contributed by atoms with Crippen LogP contribution in [0.15, 0.2) is 47.6 Å². The zero-order chi connectivity index (χ0) is 18.6. The Morgan fingerprint density at radius 3 is 2.73 bits per heavy atom. The predicted octanol–water partition coefficient (Wildman–Crippen LogP) is 3.19. The number of nitrogens with one attached hydrogen (secondary N) is 1. The van der Waals surface area contributed by atoms with Gasteiger partial charge in [0.1, 0.15) is 10.6 Å². The summed E-state index contributed by atoms with van der Waals surface area (Å²) in [6, 6.07) is 7.82. The number of ether oxygens (including phenoxy) is 2. The zero-order valence-electron chi connectivity index (χ0n) is 14.4. The van der Waals surface area contributed by atoms with Crippen LogP contribution in [0.25, 0.3) is 0 Å². The van der Waals surface area contributed by atoms with Crippen LogP contribution in [0, 0.1) is 5.92 Å². The Bertz CT molecular complexity index is 840. The van der Waals surface area contributed by atoms with Gasteiger partial charge in [0.25, 0.3) is 0 Å². The van der Waals surface area contributed by atoms with Crippen molar-refractivity contribution in [2.75, 3.05) is 20.3 Å². The highest BCUT2D eigenvalue weighted by Crippen LogP contribution is 2.33. The Balaban J connectivity index is 1.96. The van der Waals surface area contributed by atoms with Gasteiger partial charge in [-0.15, -0.1) is 0 Å². The first-order valence-corrected chi connectivity index (χ1v) is 10.2. The molecule has 3 rings (SSSR count). The highest BCUT2D eigenvalue weighted by molar-refractivity contribution is 7.89. The van der Waals surface area contributed by atoms with E-state index in [0.717, 1.165) is 18.4 Å². The van der Waals surface area contributed by atoms with Crippen molar-refractivity contribution in [3.8, 4) is 5.75 Å². The average Bonchev–Trinajstić information content (AvgIpc) is 2.67. The van der Waals surface area contributed by atoms with E-state index in [9.17, 15) is 8.42 Å². The minimum absolute atomic E-state index is 0.0217. The van der Waals surface area contributed by atoms with Crippen molar-refractivity contribution in [1.82, 2.24) is 9.71 Å². The average molecular weight is 397 g/mol. The van der Waals surface area contributed by atoms with Gasteiger partial charge in [0.05, 0.1) is 13.2 Å². The molecule has 26 heavy (non-hydrogen) atoms. The van der Waals surface area contributed by atoms with Crippen molar-refractivity contribution in [3.63, 3.8) is 0 Å². The summed E-state index contributed by atoms with van der Waals surface area (Å²) in [4.78, 5) is 4.16. The second-order valence-electron chi connectivity index (χ2n) is 6.13. The molecule has 1 aromatic heterocycles. The molecule has 140 valence electrons.